The van der Waals surface area contributed by atoms with Crippen LogP contribution in [0.15, 0.2) is 72.8 Å². The average molecular weight is 495 g/mol. The highest BCUT2D eigenvalue weighted by Crippen LogP contribution is 2.32. The number of benzene rings is 3. The predicted molar refractivity (Wildman–Crippen MR) is 134 cm³/mol. The minimum Gasteiger partial charge on any atom is -0.497 e. The molecule has 0 amide bonds. The summed E-state index contributed by atoms with van der Waals surface area (Å²) in [6.45, 7) is 0. The zero-order valence-corrected chi connectivity index (χ0v) is 19.8. The quantitative estimate of drug-likeness (QED) is 0.297. The van der Waals surface area contributed by atoms with Gasteiger partial charge >= 0.3 is 5.97 Å². The molecule has 4 aromatic rings. The van der Waals surface area contributed by atoms with Gasteiger partial charge in [0.2, 0.25) is 0 Å². The highest BCUT2D eigenvalue weighted by Gasteiger charge is 2.16. The van der Waals surface area contributed by atoms with Gasteiger partial charge in [-0.05, 0) is 66.2 Å². The lowest BCUT2D eigenvalue weighted by Crippen LogP contribution is -2.01. The van der Waals surface area contributed by atoms with E-state index in [-0.39, 0.29) is 5.57 Å². The number of carboxylic acids is 1. The van der Waals surface area contributed by atoms with Crippen LogP contribution in [0.5, 0.6) is 11.5 Å². The van der Waals surface area contributed by atoms with Gasteiger partial charge in [-0.25, -0.2) is 9.48 Å². The minimum absolute atomic E-state index is 0.0997. The van der Waals surface area contributed by atoms with Gasteiger partial charge in [0, 0.05) is 5.56 Å². The number of methoxy groups -OCH3 is 2. The van der Waals surface area contributed by atoms with E-state index in [0.29, 0.717) is 32.8 Å². The normalized spacial score (nSPS) is 11.4. The van der Waals surface area contributed by atoms with Crippen LogP contribution in [0.2, 0.25) is 10.0 Å². The fourth-order valence-corrected chi connectivity index (χ4v) is 3.74. The Hall–Kier alpha value is -3.74. The first-order chi connectivity index (χ1) is 16.4. The summed E-state index contributed by atoms with van der Waals surface area (Å²) >= 11 is 12.4. The molecule has 0 saturated carbocycles. The molecule has 34 heavy (non-hydrogen) atoms. The van der Waals surface area contributed by atoms with E-state index in [1.165, 1.54) is 6.08 Å². The van der Waals surface area contributed by atoms with Gasteiger partial charge in [0.15, 0.2) is 0 Å². The van der Waals surface area contributed by atoms with Crippen molar-refractivity contribution in [2.45, 2.75) is 0 Å². The van der Waals surface area contributed by atoms with E-state index in [4.69, 9.17) is 32.7 Å². The Kier molecular flexibility index (Phi) is 6.91. The predicted octanol–water partition coefficient (Wildman–Crippen LogP) is 6.49. The molecule has 0 saturated heterocycles. The summed E-state index contributed by atoms with van der Waals surface area (Å²) in [6, 6.07) is 21.3. The number of ether oxygens (including phenoxy) is 2. The summed E-state index contributed by atoms with van der Waals surface area (Å²) in [6.07, 6.45) is 1.53. The molecule has 0 aliphatic carbocycles. The smallest absolute Gasteiger partial charge is 0.336 e. The van der Waals surface area contributed by atoms with Crippen LogP contribution < -0.4 is 9.47 Å². The van der Waals surface area contributed by atoms with E-state index < -0.39 is 5.97 Å². The second-order valence-corrected chi connectivity index (χ2v) is 8.10. The van der Waals surface area contributed by atoms with E-state index in [1.807, 2.05) is 30.3 Å². The zero-order valence-electron chi connectivity index (χ0n) is 18.3. The van der Waals surface area contributed by atoms with Crippen molar-refractivity contribution in [3.8, 4) is 28.4 Å². The monoisotopic (exact) mass is 494 g/mol. The van der Waals surface area contributed by atoms with Crippen molar-refractivity contribution in [1.82, 2.24) is 9.78 Å². The second kappa shape index (κ2) is 10.0. The summed E-state index contributed by atoms with van der Waals surface area (Å²) in [5.74, 6) is 0.277. The van der Waals surface area contributed by atoms with Crippen molar-refractivity contribution in [3.63, 3.8) is 0 Å². The first-order valence-electron chi connectivity index (χ1n) is 10.2. The summed E-state index contributed by atoms with van der Waals surface area (Å²) < 4.78 is 12.1. The third kappa shape index (κ3) is 4.93. The molecule has 0 radical (unpaired) electrons. The van der Waals surface area contributed by atoms with Crippen molar-refractivity contribution in [3.05, 3.63) is 94.1 Å². The van der Waals surface area contributed by atoms with Crippen LogP contribution in [-0.4, -0.2) is 35.1 Å². The summed E-state index contributed by atoms with van der Waals surface area (Å²) in [7, 11) is 3.15. The Morgan fingerprint density at radius 3 is 2.06 bits per heavy atom. The fourth-order valence-electron chi connectivity index (χ4n) is 3.44. The van der Waals surface area contributed by atoms with Gasteiger partial charge < -0.3 is 14.6 Å². The van der Waals surface area contributed by atoms with E-state index in [0.717, 1.165) is 16.9 Å². The van der Waals surface area contributed by atoms with E-state index in [1.54, 1.807) is 61.4 Å². The van der Waals surface area contributed by atoms with Crippen molar-refractivity contribution < 1.29 is 19.4 Å². The van der Waals surface area contributed by atoms with Gasteiger partial charge in [0.05, 0.1) is 46.9 Å². The van der Waals surface area contributed by atoms with Gasteiger partial charge in [-0.1, -0.05) is 41.4 Å². The lowest BCUT2D eigenvalue weighted by molar-refractivity contribution is -0.130. The SMILES string of the molecule is COc1ccc(/C(=C\c2cc(-c3ccc(Cl)c(Cl)c3)n(-c3ccc(OC)cc3)n2)C(=O)O)cc1. The number of hydrogen-bond acceptors (Lipinski definition) is 4. The Bertz CT molecular complexity index is 1360. The second-order valence-electron chi connectivity index (χ2n) is 7.28. The zero-order chi connectivity index (χ0) is 24.2. The highest BCUT2D eigenvalue weighted by atomic mass is 35.5. The number of carbonyl (C=O) groups is 1. The third-order valence-corrected chi connectivity index (χ3v) is 5.92. The van der Waals surface area contributed by atoms with E-state index in [2.05, 4.69) is 5.10 Å². The van der Waals surface area contributed by atoms with Crippen molar-refractivity contribution in [1.29, 1.82) is 0 Å². The topological polar surface area (TPSA) is 73.6 Å². The third-order valence-electron chi connectivity index (χ3n) is 5.18. The molecule has 0 bridgehead atoms. The number of nitrogens with zero attached hydrogens (tertiary/aromatic N) is 2. The van der Waals surface area contributed by atoms with Gasteiger partial charge in [-0.3, -0.25) is 0 Å². The van der Waals surface area contributed by atoms with E-state index in [9.17, 15) is 9.90 Å². The molecule has 0 atom stereocenters. The van der Waals surface area contributed by atoms with Gasteiger partial charge in [0.1, 0.15) is 11.5 Å². The molecule has 0 aliphatic rings. The number of halogens is 2. The Morgan fingerprint density at radius 1 is 0.882 bits per heavy atom. The van der Waals surface area contributed by atoms with Crippen molar-refractivity contribution in [2.75, 3.05) is 14.2 Å². The molecular weight excluding hydrogens is 475 g/mol. The molecule has 0 spiro atoms. The summed E-state index contributed by atoms with van der Waals surface area (Å²) in [5, 5.41) is 15.4. The van der Waals surface area contributed by atoms with Crippen LogP contribution in [0.1, 0.15) is 11.3 Å². The largest absolute Gasteiger partial charge is 0.497 e. The van der Waals surface area contributed by atoms with Crippen LogP contribution in [0, 0.1) is 0 Å². The van der Waals surface area contributed by atoms with Crippen LogP contribution >= 0.6 is 23.2 Å². The molecule has 0 unspecified atom stereocenters. The molecule has 3 aromatic carbocycles. The Morgan fingerprint density at radius 2 is 1.50 bits per heavy atom. The number of aromatic nitrogens is 2. The number of rotatable bonds is 7. The first kappa shape index (κ1) is 23.4. The number of hydrogen-bond donors (Lipinski definition) is 1. The molecule has 1 heterocycles. The van der Waals surface area contributed by atoms with Gasteiger partial charge in [0.25, 0.3) is 0 Å². The maximum absolute atomic E-state index is 12.1. The van der Waals surface area contributed by atoms with Crippen LogP contribution in [0.4, 0.5) is 0 Å². The van der Waals surface area contributed by atoms with Crippen molar-refractivity contribution >= 4 is 40.8 Å². The standard InChI is InChI=1S/C26H20Cl2N2O4/c1-33-20-8-3-16(4-9-20)22(26(31)32)14-18-15-25(17-5-12-23(27)24(28)13-17)30(29-18)19-6-10-21(34-2)11-7-19/h3-15H,1-2H3,(H,31,32)/b22-14+. The Labute approximate surface area is 206 Å². The molecule has 4 rings (SSSR count). The molecule has 6 nitrogen and oxygen atoms in total. The Balaban J connectivity index is 1.85. The van der Waals surface area contributed by atoms with Crippen LogP contribution in [0.3, 0.4) is 0 Å². The molecule has 1 N–H and O–H groups in total. The van der Waals surface area contributed by atoms with E-state index >= 15 is 0 Å². The molecule has 8 heteroatoms. The van der Waals surface area contributed by atoms with Crippen molar-refractivity contribution in [2.24, 2.45) is 0 Å². The fraction of sp³-hybridized carbons (Fsp3) is 0.0769. The maximum Gasteiger partial charge on any atom is 0.336 e. The number of aliphatic carboxylic acids is 1. The average Bonchev–Trinajstić information content (AvgIpc) is 3.28. The minimum atomic E-state index is -1.07. The lowest BCUT2D eigenvalue weighted by Gasteiger charge is -2.09. The first-order valence-corrected chi connectivity index (χ1v) is 10.9. The molecule has 172 valence electrons. The lowest BCUT2D eigenvalue weighted by atomic mass is 10.0. The highest BCUT2D eigenvalue weighted by molar-refractivity contribution is 6.42. The van der Waals surface area contributed by atoms with Gasteiger partial charge in [-0.15, -0.1) is 0 Å². The molecular formula is C26H20Cl2N2O4. The summed E-state index contributed by atoms with van der Waals surface area (Å²) in [4.78, 5) is 12.1. The van der Waals surface area contributed by atoms with Gasteiger partial charge in [-0.2, -0.15) is 5.10 Å². The number of carboxylic acid groups (broad SMARTS) is 1. The molecule has 0 fully saturated rings. The van der Waals surface area contributed by atoms with Crippen LogP contribution in [0.25, 0.3) is 28.6 Å². The van der Waals surface area contributed by atoms with Crippen LogP contribution in [-0.2, 0) is 4.79 Å². The maximum atomic E-state index is 12.1. The molecule has 1 aromatic heterocycles. The summed E-state index contributed by atoms with van der Waals surface area (Å²) in [5.41, 5.74) is 3.35. The molecule has 0 aliphatic heterocycles.